The number of hydrogen-bond acceptors (Lipinski definition) is 5. The molecule has 1 heterocycles. The Morgan fingerprint density at radius 2 is 2.12 bits per heavy atom. The van der Waals surface area contributed by atoms with Gasteiger partial charge in [-0.05, 0) is 53.7 Å². The maximum absolute atomic E-state index is 13.2. The van der Waals surface area contributed by atoms with Gasteiger partial charge in [0, 0.05) is 0 Å². The highest BCUT2D eigenvalue weighted by molar-refractivity contribution is 8.18. The highest BCUT2D eigenvalue weighted by Crippen LogP contribution is 2.32. The van der Waals surface area contributed by atoms with Crippen LogP contribution < -0.4 is 10.1 Å². The van der Waals surface area contributed by atoms with E-state index in [1.807, 2.05) is 0 Å². The summed E-state index contributed by atoms with van der Waals surface area (Å²) in [6.07, 6.45) is 1.65. The number of phenols is 1. The smallest absolute Gasteiger partial charge is 0.264 e. The van der Waals surface area contributed by atoms with Crippen molar-refractivity contribution in [1.29, 1.82) is 0 Å². The fourth-order valence-electron chi connectivity index (χ4n) is 2.09. The lowest BCUT2D eigenvalue weighted by atomic mass is 10.2. The summed E-state index contributed by atoms with van der Waals surface area (Å²) in [5, 5.41) is 12.6. The fourth-order valence-corrected chi connectivity index (χ4v) is 3.10. The van der Waals surface area contributed by atoms with Crippen molar-refractivity contribution in [2.75, 3.05) is 7.11 Å². The molecule has 0 bridgehead atoms. The van der Waals surface area contributed by atoms with Crippen LogP contribution >= 0.6 is 23.4 Å². The zero-order valence-electron chi connectivity index (χ0n) is 12.9. The monoisotopic (exact) mass is 378 g/mol. The molecule has 25 heavy (non-hydrogen) atoms. The Labute approximate surface area is 152 Å². The highest BCUT2D eigenvalue weighted by atomic mass is 35.5. The molecule has 1 aliphatic heterocycles. The van der Waals surface area contributed by atoms with Gasteiger partial charge in [-0.15, -0.1) is 0 Å². The van der Waals surface area contributed by atoms with E-state index >= 15 is 0 Å². The standard InChI is InChI=1S/C17H12ClFN2O3S/c1-24-14-6-9(2-5-13(14)22)7-15-16(23)21-17(25-15)20-10-3-4-12(19)11(18)8-10/h2-8,22H,1H3,(H,20,21,23)/b15-7-. The Morgan fingerprint density at radius 1 is 1.32 bits per heavy atom. The Balaban J connectivity index is 1.84. The number of aromatic hydroxyl groups is 1. The summed E-state index contributed by atoms with van der Waals surface area (Å²) in [7, 11) is 1.45. The lowest BCUT2D eigenvalue weighted by molar-refractivity contribution is -0.115. The topological polar surface area (TPSA) is 70.9 Å². The number of benzene rings is 2. The van der Waals surface area contributed by atoms with Gasteiger partial charge in [-0.1, -0.05) is 17.7 Å². The zero-order chi connectivity index (χ0) is 18.0. The lowest BCUT2D eigenvalue weighted by Crippen LogP contribution is -2.19. The minimum Gasteiger partial charge on any atom is -0.504 e. The van der Waals surface area contributed by atoms with Crippen LogP contribution in [0.4, 0.5) is 10.1 Å². The summed E-state index contributed by atoms with van der Waals surface area (Å²) in [4.78, 5) is 16.7. The van der Waals surface area contributed by atoms with Crippen LogP contribution in [0, 0.1) is 5.82 Å². The third-order valence-corrected chi connectivity index (χ3v) is 4.49. The van der Waals surface area contributed by atoms with E-state index in [9.17, 15) is 14.3 Å². The van der Waals surface area contributed by atoms with Crippen molar-refractivity contribution in [3.63, 3.8) is 0 Å². The van der Waals surface area contributed by atoms with Crippen LogP contribution in [-0.4, -0.2) is 23.3 Å². The first-order valence-corrected chi connectivity index (χ1v) is 8.27. The van der Waals surface area contributed by atoms with E-state index in [1.165, 1.54) is 31.4 Å². The van der Waals surface area contributed by atoms with Gasteiger partial charge in [0.25, 0.3) is 5.91 Å². The minimum absolute atomic E-state index is 0.0172. The molecule has 1 saturated heterocycles. The normalized spacial score (nSPS) is 17.2. The van der Waals surface area contributed by atoms with Gasteiger partial charge in [-0.2, -0.15) is 0 Å². The average Bonchev–Trinajstić information content (AvgIpc) is 2.92. The van der Waals surface area contributed by atoms with E-state index in [2.05, 4.69) is 10.3 Å². The van der Waals surface area contributed by atoms with Crippen LogP contribution in [0.15, 0.2) is 46.3 Å². The summed E-state index contributed by atoms with van der Waals surface area (Å²) in [5.74, 6) is -0.504. The molecule has 0 aliphatic carbocycles. The molecule has 1 aliphatic rings. The highest BCUT2D eigenvalue weighted by Gasteiger charge is 2.24. The molecule has 0 spiro atoms. The number of halogens is 2. The van der Waals surface area contributed by atoms with E-state index in [0.717, 1.165) is 11.8 Å². The molecular weight excluding hydrogens is 367 g/mol. The Hall–Kier alpha value is -2.51. The van der Waals surface area contributed by atoms with E-state index in [1.54, 1.807) is 18.2 Å². The molecule has 2 aromatic rings. The number of thioether (sulfide) groups is 1. The van der Waals surface area contributed by atoms with Gasteiger partial charge in [0.1, 0.15) is 5.82 Å². The summed E-state index contributed by atoms with van der Waals surface area (Å²) in [5.41, 5.74) is 1.13. The van der Waals surface area contributed by atoms with Gasteiger partial charge in [-0.3, -0.25) is 4.79 Å². The average molecular weight is 379 g/mol. The van der Waals surface area contributed by atoms with Crippen LogP contribution in [-0.2, 0) is 4.79 Å². The number of hydrogen-bond donors (Lipinski definition) is 2. The molecule has 1 amide bonds. The van der Waals surface area contributed by atoms with E-state index < -0.39 is 5.82 Å². The second-order valence-electron chi connectivity index (χ2n) is 5.01. The van der Waals surface area contributed by atoms with E-state index in [4.69, 9.17) is 16.3 Å². The number of carbonyl (C=O) groups excluding carboxylic acids is 1. The SMILES string of the molecule is COc1cc(/C=C2\SC(=Nc3ccc(F)c(Cl)c3)NC2=O)ccc1O. The molecule has 0 unspecified atom stereocenters. The van der Waals surface area contributed by atoms with E-state index in [-0.39, 0.29) is 16.7 Å². The third kappa shape index (κ3) is 3.94. The third-order valence-electron chi connectivity index (χ3n) is 3.29. The van der Waals surface area contributed by atoms with Gasteiger partial charge in [-0.25, -0.2) is 9.38 Å². The molecule has 3 rings (SSSR count). The first-order valence-electron chi connectivity index (χ1n) is 7.08. The Morgan fingerprint density at radius 3 is 2.84 bits per heavy atom. The Kier molecular flexibility index (Phi) is 4.96. The number of ether oxygens (including phenoxy) is 1. The molecule has 2 N–H and O–H groups in total. The molecule has 2 aromatic carbocycles. The van der Waals surface area contributed by atoms with E-state index in [0.29, 0.717) is 27.1 Å². The molecule has 5 nitrogen and oxygen atoms in total. The number of amidine groups is 1. The molecule has 0 aromatic heterocycles. The molecular formula is C17H12ClFN2O3S. The number of methoxy groups -OCH3 is 1. The van der Waals surface area contributed by atoms with Gasteiger partial charge in [0.05, 0.1) is 22.7 Å². The second kappa shape index (κ2) is 7.16. The van der Waals surface area contributed by atoms with Crippen LogP contribution in [0.1, 0.15) is 5.56 Å². The zero-order valence-corrected chi connectivity index (χ0v) is 14.5. The largest absolute Gasteiger partial charge is 0.504 e. The van der Waals surface area contributed by atoms with Crippen molar-refractivity contribution in [3.05, 3.63) is 57.7 Å². The van der Waals surface area contributed by atoms with Gasteiger partial charge in [0.15, 0.2) is 16.7 Å². The predicted molar refractivity (Wildman–Crippen MR) is 96.9 cm³/mol. The van der Waals surface area contributed by atoms with Crippen molar-refractivity contribution in [2.24, 2.45) is 4.99 Å². The minimum atomic E-state index is -0.532. The van der Waals surface area contributed by atoms with Crippen LogP contribution in [0.5, 0.6) is 11.5 Å². The number of nitrogens with one attached hydrogen (secondary N) is 1. The van der Waals surface area contributed by atoms with Crippen LogP contribution in [0.3, 0.4) is 0 Å². The fraction of sp³-hybridized carbons (Fsp3) is 0.0588. The van der Waals surface area contributed by atoms with Crippen molar-refractivity contribution in [2.45, 2.75) is 0 Å². The van der Waals surface area contributed by atoms with Crippen LogP contribution in [0.25, 0.3) is 6.08 Å². The molecule has 8 heteroatoms. The van der Waals surface area contributed by atoms with Crippen molar-refractivity contribution < 1.29 is 19.0 Å². The molecule has 1 fully saturated rings. The maximum atomic E-state index is 13.2. The number of phenolic OH excluding ortho intramolecular Hbond substituents is 1. The summed E-state index contributed by atoms with van der Waals surface area (Å²) >= 11 is 6.87. The van der Waals surface area contributed by atoms with Crippen molar-refractivity contribution >= 4 is 46.2 Å². The van der Waals surface area contributed by atoms with Crippen molar-refractivity contribution in [1.82, 2.24) is 5.32 Å². The predicted octanol–water partition coefficient (Wildman–Crippen LogP) is 4.08. The molecule has 0 saturated carbocycles. The number of aliphatic imine (C=N–C) groups is 1. The van der Waals surface area contributed by atoms with Crippen LogP contribution in [0.2, 0.25) is 5.02 Å². The van der Waals surface area contributed by atoms with Gasteiger partial charge in [0.2, 0.25) is 0 Å². The van der Waals surface area contributed by atoms with Crippen molar-refractivity contribution in [3.8, 4) is 11.5 Å². The second-order valence-corrected chi connectivity index (χ2v) is 6.45. The number of amides is 1. The first kappa shape index (κ1) is 17.3. The summed E-state index contributed by atoms with van der Waals surface area (Å²) < 4.78 is 18.2. The molecule has 0 radical (unpaired) electrons. The molecule has 0 atom stereocenters. The number of nitrogens with zero attached hydrogens (tertiary/aromatic N) is 1. The summed E-state index contributed by atoms with van der Waals surface area (Å²) in [6.45, 7) is 0. The maximum Gasteiger partial charge on any atom is 0.264 e. The summed E-state index contributed by atoms with van der Waals surface area (Å²) in [6, 6.07) is 8.82. The lowest BCUT2D eigenvalue weighted by Gasteiger charge is -2.03. The Bertz CT molecular complexity index is 915. The molecule has 128 valence electrons. The first-order chi connectivity index (χ1) is 12.0. The van der Waals surface area contributed by atoms with Gasteiger partial charge >= 0.3 is 0 Å². The van der Waals surface area contributed by atoms with Gasteiger partial charge < -0.3 is 15.2 Å². The number of carbonyl (C=O) groups is 1. The number of rotatable bonds is 3. The quantitative estimate of drug-likeness (QED) is 0.789.